The summed E-state index contributed by atoms with van der Waals surface area (Å²) in [6.07, 6.45) is 8.37. The van der Waals surface area contributed by atoms with Crippen molar-refractivity contribution >= 4 is 0 Å². The van der Waals surface area contributed by atoms with Gasteiger partial charge >= 0.3 is 0 Å². The molecule has 0 bridgehead atoms. The summed E-state index contributed by atoms with van der Waals surface area (Å²) >= 11 is 0. The van der Waals surface area contributed by atoms with Gasteiger partial charge in [0.05, 0.1) is 0 Å². The van der Waals surface area contributed by atoms with E-state index in [2.05, 4.69) is 56.4 Å². The molecule has 3 atom stereocenters. The molecule has 118 valence electrons. The minimum atomic E-state index is 0.521. The highest BCUT2D eigenvalue weighted by Crippen LogP contribution is 2.30. The molecule has 21 heavy (non-hydrogen) atoms. The molecule has 0 aliphatic heterocycles. The maximum Gasteiger partial charge on any atom is 0.0322 e. The Balaban J connectivity index is 1.82. The molecule has 0 aromatic heterocycles. The molecule has 1 aromatic rings. The lowest BCUT2D eigenvalue weighted by Gasteiger charge is -2.28. The van der Waals surface area contributed by atoms with Crippen LogP contribution in [0, 0.1) is 17.8 Å². The first-order valence-electron chi connectivity index (χ1n) is 8.93. The lowest BCUT2D eigenvalue weighted by Crippen LogP contribution is -2.26. The van der Waals surface area contributed by atoms with Gasteiger partial charge in [0.1, 0.15) is 0 Å². The highest BCUT2D eigenvalue weighted by Gasteiger charge is 2.19. The first-order valence-corrected chi connectivity index (χ1v) is 8.93. The summed E-state index contributed by atoms with van der Waals surface area (Å²) in [5.41, 5.74) is 1.45. The Labute approximate surface area is 131 Å². The zero-order valence-electron chi connectivity index (χ0n) is 14.1. The van der Waals surface area contributed by atoms with Gasteiger partial charge in [-0.2, -0.15) is 0 Å². The van der Waals surface area contributed by atoms with E-state index in [1.807, 2.05) is 0 Å². The van der Waals surface area contributed by atoms with Crippen LogP contribution in [0.2, 0.25) is 0 Å². The van der Waals surface area contributed by atoms with E-state index in [1.165, 1.54) is 50.6 Å². The van der Waals surface area contributed by atoms with Gasteiger partial charge in [-0.15, -0.1) is 0 Å². The van der Waals surface area contributed by atoms with E-state index >= 15 is 0 Å². The van der Waals surface area contributed by atoms with Crippen molar-refractivity contribution in [3.8, 4) is 0 Å². The SMILES string of the molecule is CC(C)CC(NCCC1CCCC(C)C1)c1ccccc1. The first kappa shape index (κ1) is 16.5. The van der Waals surface area contributed by atoms with Crippen molar-refractivity contribution < 1.29 is 0 Å². The first-order chi connectivity index (χ1) is 10.1. The molecule has 1 aliphatic rings. The zero-order valence-corrected chi connectivity index (χ0v) is 14.1. The monoisotopic (exact) mass is 287 g/mol. The van der Waals surface area contributed by atoms with E-state index in [0.717, 1.165) is 17.8 Å². The fraction of sp³-hybridized carbons (Fsp3) is 0.700. The number of benzene rings is 1. The van der Waals surface area contributed by atoms with Crippen LogP contribution in [0.15, 0.2) is 30.3 Å². The van der Waals surface area contributed by atoms with Gasteiger partial charge < -0.3 is 5.32 Å². The van der Waals surface area contributed by atoms with E-state index in [9.17, 15) is 0 Å². The molecule has 0 saturated heterocycles. The fourth-order valence-electron chi connectivity index (χ4n) is 3.78. The molecule has 0 spiro atoms. The quantitative estimate of drug-likeness (QED) is 0.690. The average Bonchev–Trinajstić information content (AvgIpc) is 2.47. The molecule has 0 radical (unpaired) electrons. The van der Waals surface area contributed by atoms with Crippen molar-refractivity contribution in [1.29, 1.82) is 0 Å². The van der Waals surface area contributed by atoms with Crippen LogP contribution in [0.5, 0.6) is 0 Å². The van der Waals surface area contributed by atoms with Gasteiger partial charge in [0.15, 0.2) is 0 Å². The van der Waals surface area contributed by atoms with Crippen molar-refractivity contribution in [3.05, 3.63) is 35.9 Å². The molecule has 1 fully saturated rings. The van der Waals surface area contributed by atoms with Crippen molar-refractivity contribution in [2.24, 2.45) is 17.8 Å². The average molecular weight is 287 g/mol. The second-order valence-corrected chi connectivity index (χ2v) is 7.47. The largest absolute Gasteiger partial charge is 0.310 e. The third-order valence-electron chi connectivity index (χ3n) is 4.90. The van der Waals surface area contributed by atoms with Crippen LogP contribution < -0.4 is 5.32 Å². The Morgan fingerprint density at radius 3 is 2.57 bits per heavy atom. The molecule has 2 rings (SSSR count). The van der Waals surface area contributed by atoms with Gasteiger partial charge in [0.2, 0.25) is 0 Å². The smallest absolute Gasteiger partial charge is 0.0322 e. The van der Waals surface area contributed by atoms with Crippen LogP contribution in [-0.2, 0) is 0 Å². The lowest BCUT2D eigenvalue weighted by molar-refractivity contribution is 0.263. The molecule has 3 unspecified atom stereocenters. The fourth-order valence-corrected chi connectivity index (χ4v) is 3.78. The molecule has 0 amide bonds. The number of hydrogen-bond donors (Lipinski definition) is 1. The van der Waals surface area contributed by atoms with Crippen molar-refractivity contribution in [3.63, 3.8) is 0 Å². The van der Waals surface area contributed by atoms with Crippen LogP contribution in [-0.4, -0.2) is 6.54 Å². The van der Waals surface area contributed by atoms with Gasteiger partial charge in [-0.05, 0) is 49.1 Å². The minimum absolute atomic E-state index is 0.521. The van der Waals surface area contributed by atoms with E-state index in [0.29, 0.717) is 6.04 Å². The highest BCUT2D eigenvalue weighted by molar-refractivity contribution is 5.18. The van der Waals surface area contributed by atoms with Crippen LogP contribution in [0.25, 0.3) is 0 Å². The van der Waals surface area contributed by atoms with Crippen LogP contribution in [0.4, 0.5) is 0 Å². The molecule has 1 aliphatic carbocycles. The molecule has 1 N–H and O–H groups in total. The number of hydrogen-bond acceptors (Lipinski definition) is 1. The van der Waals surface area contributed by atoms with Crippen molar-refractivity contribution in [1.82, 2.24) is 5.32 Å². The molecule has 1 aromatic carbocycles. The number of nitrogens with one attached hydrogen (secondary N) is 1. The Kier molecular flexibility index (Phi) is 6.76. The summed E-state index contributed by atoms with van der Waals surface area (Å²) in [5.74, 6) is 2.64. The van der Waals surface area contributed by atoms with Crippen LogP contribution in [0.1, 0.15) is 70.9 Å². The van der Waals surface area contributed by atoms with Gasteiger partial charge in [0, 0.05) is 6.04 Å². The Bertz CT molecular complexity index is 384. The summed E-state index contributed by atoms with van der Waals surface area (Å²) in [5, 5.41) is 3.83. The van der Waals surface area contributed by atoms with E-state index in [4.69, 9.17) is 0 Å². The topological polar surface area (TPSA) is 12.0 Å². The standard InChI is InChI=1S/C20H33N/c1-16(2)14-20(19-10-5-4-6-11-19)21-13-12-18-9-7-8-17(3)15-18/h4-6,10-11,16-18,20-21H,7-9,12-15H2,1-3H3. The molecule has 1 heteroatoms. The summed E-state index contributed by atoms with van der Waals surface area (Å²) in [7, 11) is 0. The zero-order chi connectivity index (χ0) is 15.1. The van der Waals surface area contributed by atoms with Crippen molar-refractivity contribution in [2.75, 3.05) is 6.54 Å². The Morgan fingerprint density at radius 2 is 1.90 bits per heavy atom. The van der Waals surface area contributed by atoms with Gasteiger partial charge in [-0.1, -0.05) is 70.4 Å². The summed E-state index contributed by atoms with van der Waals surface area (Å²) in [4.78, 5) is 0. The summed E-state index contributed by atoms with van der Waals surface area (Å²) < 4.78 is 0. The second-order valence-electron chi connectivity index (χ2n) is 7.47. The Morgan fingerprint density at radius 1 is 1.14 bits per heavy atom. The Hall–Kier alpha value is -0.820. The number of rotatable bonds is 7. The van der Waals surface area contributed by atoms with E-state index in [1.54, 1.807) is 0 Å². The van der Waals surface area contributed by atoms with E-state index < -0.39 is 0 Å². The maximum atomic E-state index is 3.83. The molecule has 1 nitrogen and oxygen atoms in total. The third-order valence-corrected chi connectivity index (χ3v) is 4.90. The predicted molar refractivity (Wildman–Crippen MR) is 92.4 cm³/mol. The second kappa shape index (κ2) is 8.58. The predicted octanol–water partition coefficient (Wildman–Crippen LogP) is 5.58. The molecular formula is C20H33N. The minimum Gasteiger partial charge on any atom is -0.310 e. The highest BCUT2D eigenvalue weighted by atomic mass is 14.9. The summed E-state index contributed by atoms with van der Waals surface area (Å²) in [6.45, 7) is 8.23. The summed E-state index contributed by atoms with van der Waals surface area (Å²) in [6, 6.07) is 11.5. The van der Waals surface area contributed by atoms with Crippen LogP contribution in [0.3, 0.4) is 0 Å². The van der Waals surface area contributed by atoms with Crippen molar-refractivity contribution in [2.45, 2.75) is 65.3 Å². The molecule has 0 heterocycles. The third kappa shape index (κ3) is 5.82. The van der Waals surface area contributed by atoms with Gasteiger partial charge in [-0.25, -0.2) is 0 Å². The maximum absolute atomic E-state index is 3.83. The van der Waals surface area contributed by atoms with Gasteiger partial charge in [0.25, 0.3) is 0 Å². The molecular weight excluding hydrogens is 254 g/mol. The lowest BCUT2D eigenvalue weighted by atomic mass is 9.81. The van der Waals surface area contributed by atoms with Gasteiger partial charge in [-0.3, -0.25) is 0 Å². The van der Waals surface area contributed by atoms with Crippen LogP contribution >= 0.6 is 0 Å². The normalized spacial score (nSPS) is 24.2. The molecule has 1 saturated carbocycles. The van der Waals surface area contributed by atoms with E-state index in [-0.39, 0.29) is 0 Å².